The molecule has 3 aromatic rings. The summed E-state index contributed by atoms with van der Waals surface area (Å²) >= 11 is 1.51. The average Bonchev–Trinajstić information content (AvgIpc) is 3.42. The highest BCUT2D eigenvalue weighted by Crippen LogP contribution is 2.33. The summed E-state index contributed by atoms with van der Waals surface area (Å²) in [6.07, 6.45) is 2.35. The van der Waals surface area contributed by atoms with Crippen LogP contribution in [0.5, 0.6) is 0 Å². The molecule has 0 aliphatic carbocycles. The second kappa shape index (κ2) is 10.3. The molecule has 2 heterocycles. The average molecular weight is 487 g/mol. The lowest BCUT2D eigenvalue weighted by atomic mass is 10.1. The van der Waals surface area contributed by atoms with Gasteiger partial charge in [0.15, 0.2) is 15.0 Å². The first-order valence-electron chi connectivity index (χ1n) is 11.3. The number of anilines is 1. The third kappa shape index (κ3) is 6.19. The van der Waals surface area contributed by atoms with Gasteiger partial charge in [0.2, 0.25) is 5.91 Å². The number of aromatic nitrogens is 1. The van der Waals surface area contributed by atoms with Crippen molar-refractivity contribution in [2.24, 2.45) is 0 Å². The minimum absolute atomic E-state index is 0.00183. The molecule has 6 nitrogen and oxygen atoms in total. The molecule has 0 spiro atoms. The van der Waals surface area contributed by atoms with Crippen LogP contribution in [0.4, 0.5) is 5.13 Å². The van der Waals surface area contributed by atoms with Crippen molar-refractivity contribution in [3.05, 3.63) is 59.2 Å². The number of carbonyl (C=O) groups is 1. The smallest absolute Gasteiger partial charge is 0.228 e. The highest BCUT2D eigenvalue weighted by atomic mass is 32.2. The molecular formula is C25H30N2O4S2. The normalized spacial score (nSPS) is 16.4. The van der Waals surface area contributed by atoms with Gasteiger partial charge >= 0.3 is 0 Å². The van der Waals surface area contributed by atoms with Crippen LogP contribution in [0.25, 0.3) is 10.2 Å². The largest absolute Gasteiger partial charge is 0.376 e. The van der Waals surface area contributed by atoms with Crippen LogP contribution < -0.4 is 4.90 Å². The molecule has 0 radical (unpaired) electrons. The van der Waals surface area contributed by atoms with E-state index in [0.29, 0.717) is 24.7 Å². The van der Waals surface area contributed by atoms with Crippen LogP contribution in [-0.2, 0) is 25.1 Å². The van der Waals surface area contributed by atoms with E-state index < -0.39 is 9.84 Å². The molecule has 4 rings (SSSR count). The van der Waals surface area contributed by atoms with Gasteiger partial charge < -0.3 is 4.74 Å². The zero-order valence-electron chi connectivity index (χ0n) is 19.1. The molecule has 1 aliphatic rings. The molecule has 0 N–H and O–H groups in total. The number of fused-ring (bicyclic) bond motifs is 1. The van der Waals surface area contributed by atoms with Crippen molar-refractivity contribution in [3.8, 4) is 0 Å². The molecule has 176 valence electrons. The third-order valence-electron chi connectivity index (χ3n) is 5.83. The second-order valence-electron chi connectivity index (χ2n) is 8.75. The molecule has 1 aromatic heterocycles. The van der Waals surface area contributed by atoms with Gasteiger partial charge in [-0.05, 0) is 55.9 Å². The number of thiazole rings is 1. The Hall–Kier alpha value is -2.29. The highest BCUT2D eigenvalue weighted by Gasteiger charge is 2.26. The summed E-state index contributed by atoms with van der Waals surface area (Å²) in [6, 6.07) is 13.3. The fourth-order valence-corrected chi connectivity index (χ4v) is 6.71. The van der Waals surface area contributed by atoms with Gasteiger partial charge in [0.05, 0.1) is 34.4 Å². The molecule has 0 bridgehead atoms. The highest BCUT2D eigenvalue weighted by molar-refractivity contribution is 7.90. The molecule has 8 heteroatoms. The number of hydrogen-bond acceptors (Lipinski definition) is 6. The third-order valence-corrected chi connectivity index (χ3v) is 8.74. The number of amides is 1. The Labute approximate surface area is 199 Å². The van der Waals surface area contributed by atoms with Crippen LogP contribution in [0.3, 0.4) is 0 Å². The van der Waals surface area contributed by atoms with Gasteiger partial charge in [-0.25, -0.2) is 13.4 Å². The van der Waals surface area contributed by atoms with E-state index in [0.717, 1.165) is 39.7 Å². The molecule has 1 atom stereocenters. The van der Waals surface area contributed by atoms with Crippen LogP contribution >= 0.6 is 11.3 Å². The Balaban J connectivity index is 1.46. The van der Waals surface area contributed by atoms with E-state index in [4.69, 9.17) is 9.72 Å². The summed E-state index contributed by atoms with van der Waals surface area (Å²) < 4.78 is 31.9. The predicted octanol–water partition coefficient (Wildman–Crippen LogP) is 4.82. The summed E-state index contributed by atoms with van der Waals surface area (Å²) in [5.74, 6) is -0.119. The summed E-state index contributed by atoms with van der Waals surface area (Å²) in [4.78, 5) is 19.7. The fraction of sp³-hybridized carbons (Fsp3) is 0.440. The standard InChI is InChI=1S/C25H30N2O4S2/c1-18-14-19(2)24-22(15-18)26-25(32-24)27(16-21-10-6-12-31-21)23(28)11-7-13-33(29,30)17-20-8-4-3-5-9-20/h3-5,8-9,14-15,21H,6-7,10-13,16-17H2,1-2H3. The molecule has 0 saturated carbocycles. The van der Waals surface area contributed by atoms with Gasteiger partial charge in [-0.1, -0.05) is 47.7 Å². The first-order valence-corrected chi connectivity index (χ1v) is 14.0. The Morgan fingerprint density at radius 2 is 2.00 bits per heavy atom. The van der Waals surface area contributed by atoms with Crippen molar-refractivity contribution in [1.29, 1.82) is 0 Å². The Morgan fingerprint density at radius 1 is 1.21 bits per heavy atom. The molecule has 1 amide bonds. The van der Waals surface area contributed by atoms with E-state index >= 15 is 0 Å². The van der Waals surface area contributed by atoms with E-state index in [1.54, 1.807) is 4.90 Å². The molecule has 1 unspecified atom stereocenters. The van der Waals surface area contributed by atoms with Gasteiger partial charge in [0, 0.05) is 13.0 Å². The van der Waals surface area contributed by atoms with Gasteiger partial charge in [-0.2, -0.15) is 0 Å². The Bertz CT molecular complexity index is 1220. The lowest BCUT2D eigenvalue weighted by Crippen LogP contribution is -2.37. The maximum atomic E-state index is 13.2. The van der Waals surface area contributed by atoms with Crippen molar-refractivity contribution in [1.82, 2.24) is 4.98 Å². The van der Waals surface area contributed by atoms with Crippen molar-refractivity contribution in [3.63, 3.8) is 0 Å². The minimum atomic E-state index is -3.28. The van der Waals surface area contributed by atoms with Crippen molar-refractivity contribution < 1.29 is 17.9 Å². The van der Waals surface area contributed by atoms with Crippen LogP contribution in [0.1, 0.15) is 42.4 Å². The van der Waals surface area contributed by atoms with Crippen LogP contribution in [0, 0.1) is 13.8 Å². The van der Waals surface area contributed by atoms with E-state index in [1.807, 2.05) is 43.3 Å². The lowest BCUT2D eigenvalue weighted by molar-refractivity contribution is -0.119. The summed E-state index contributed by atoms with van der Waals surface area (Å²) in [6.45, 7) is 5.26. The van der Waals surface area contributed by atoms with Crippen LogP contribution in [0.2, 0.25) is 0 Å². The number of hydrogen-bond donors (Lipinski definition) is 0. The quantitative estimate of drug-likeness (QED) is 0.433. The van der Waals surface area contributed by atoms with Crippen LogP contribution in [0.15, 0.2) is 42.5 Å². The first-order chi connectivity index (χ1) is 15.8. The summed E-state index contributed by atoms with van der Waals surface area (Å²) in [5, 5.41) is 0.659. The number of benzene rings is 2. The predicted molar refractivity (Wildman–Crippen MR) is 134 cm³/mol. The number of sulfone groups is 1. The fourth-order valence-electron chi connectivity index (χ4n) is 4.24. The SMILES string of the molecule is Cc1cc(C)c2sc(N(CC3CCCO3)C(=O)CCCS(=O)(=O)Cc3ccccc3)nc2c1. The monoisotopic (exact) mass is 486 g/mol. The zero-order valence-corrected chi connectivity index (χ0v) is 20.8. The van der Waals surface area contributed by atoms with Gasteiger partial charge in [0.25, 0.3) is 0 Å². The Morgan fingerprint density at radius 3 is 2.73 bits per heavy atom. The molecule has 2 aromatic carbocycles. The molecule has 1 fully saturated rings. The van der Waals surface area contributed by atoms with Crippen molar-refractivity contribution >= 4 is 42.4 Å². The van der Waals surface area contributed by atoms with E-state index in [1.165, 1.54) is 11.3 Å². The van der Waals surface area contributed by atoms with Crippen molar-refractivity contribution in [2.75, 3.05) is 23.8 Å². The number of rotatable bonds is 9. The van der Waals surface area contributed by atoms with E-state index in [-0.39, 0.29) is 29.9 Å². The topological polar surface area (TPSA) is 76.6 Å². The van der Waals surface area contributed by atoms with E-state index in [9.17, 15) is 13.2 Å². The van der Waals surface area contributed by atoms with Gasteiger partial charge in [-0.15, -0.1) is 0 Å². The minimum Gasteiger partial charge on any atom is -0.376 e. The number of carbonyl (C=O) groups excluding carboxylic acids is 1. The first kappa shape index (κ1) is 23.9. The maximum absolute atomic E-state index is 13.2. The molecule has 1 aliphatic heterocycles. The molecular weight excluding hydrogens is 456 g/mol. The number of ether oxygens (including phenoxy) is 1. The van der Waals surface area contributed by atoms with Crippen LogP contribution in [-0.4, -0.2) is 44.3 Å². The number of nitrogens with zero attached hydrogens (tertiary/aromatic N) is 2. The number of aryl methyl sites for hydroxylation is 2. The maximum Gasteiger partial charge on any atom is 0.228 e. The van der Waals surface area contributed by atoms with Crippen molar-refractivity contribution in [2.45, 2.75) is 51.4 Å². The van der Waals surface area contributed by atoms with Gasteiger partial charge in [-0.3, -0.25) is 9.69 Å². The summed E-state index contributed by atoms with van der Waals surface area (Å²) in [5.41, 5.74) is 3.94. The van der Waals surface area contributed by atoms with E-state index in [2.05, 4.69) is 13.0 Å². The molecule has 1 saturated heterocycles. The summed E-state index contributed by atoms with van der Waals surface area (Å²) in [7, 11) is -3.28. The zero-order chi connectivity index (χ0) is 23.4. The second-order valence-corrected chi connectivity index (χ2v) is 11.9. The Kier molecular flexibility index (Phi) is 7.46. The van der Waals surface area contributed by atoms with Gasteiger partial charge in [0.1, 0.15) is 0 Å². The molecule has 33 heavy (non-hydrogen) atoms. The lowest BCUT2D eigenvalue weighted by Gasteiger charge is -2.23.